The normalized spacial score (nSPS) is 10.8. The van der Waals surface area contributed by atoms with E-state index in [1.807, 2.05) is 24.3 Å². The number of carboxylic acid groups (broad SMARTS) is 1. The second-order valence-electron chi connectivity index (χ2n) is 4.06. The van der Waals surface area contributed by atoms with Crippen LogP contribution in [0.4, 0.5) is 0 Å². The Hall–Kier alpha value is -2.34. The molecule has 0 aliphatic carbocycles. The number of furan rings is 1. The van der Waals surface area contributed by atoms with Gasteiger partial charge in [-0.15, -0.1) is 0 Å². The van der Waals surface area contributed by atoms with Gasteiger partial charge in [0.15, 0.2) is 0 Å². The van der Waals surface area contributed by atoms with Gasteiger partial charge in [0.1, 0.15) is 17.1 Å². The van der Waals surface area contributed by atoms with Gasteiger partial charge in [0.25, 0.3) is 0 Å². The van der Waals surface area contributed by atoms with Crippen molar-refractivity contribution in [3.8, 4) is 0 Å². The van der Waals surface area contributed by atoms with E-state index >= 15 is 0 Å². The Morgan fingerprint density at radius 2 is 2.05 bits per heavy atom. The van der Waals surface area contributed by atoms with Gasteiger partial charge in [-0.05, 0) is 18.2 Å². The zero-order valence-electron chi connectivity index (χ0n) is 10.3. The average Bonchev–Trinajstić information content (AvgIpc) is 2.94. The molecule has 20 heavy (non-hydrogen) atoms. The maximum Gasteiger partial charge on any atom is 0.371 e. The third-order valence-electron chi connectivity index (χ3n) is 2.73. The van der Waals surface area contributed by atoms with Crippen LogP contribution < -0.4 is 0 Å². The quantitative estimate of drug-likeness (QED) is 0.586. The van der Waals surface area contributed by atoms with Crippen LogP contribution in [0.5, 0.6) is 0 Å². The maximum absolute atomic E-state index is 10.7. The number of hydrogen-bond donors (Lipinski definition) is 1. The van der Waals surface area contributed by atoms with E-state index in [4.69, 9.17) is 9.52 Å². The molecule has 0 unspecified atom stereocenters. The van der Waals surface area contributed by atoms with E-state index in [1.165, 1.54) is 24.2 Å². The van der Waals surface area contributed by atoms with Gasteiger partial charge >= 0.3 is 5.97 Å². The van der Waals surface area contributed by atoms with E-state index in [0.29, 0.717) is 11.5 Å². The van der Waals surface area contributed by atoms with E-state index in [2.05, 4.69) is 9.97 Å². The van der Waals surface area contributed by atoms with Crippen molar-refractivity contribution in [3.63, 3.8) is 0 Å². The molecule has 2 heterocycles. The third-order valence-corrected chi connectivity index (χ3v) is 3.76. The lowest BCUT2D eigenvalue weighted by Gasteiger charge is -2.03. The number of nitrogens with zero attached hydrogens (tertiary/aromatic N) is 2. The molecule has 0 radical (unpaired) electrons. The molecule has 0 atom stereocenters. The first-order valence-electron chi connectivity index (χ1n) is 5.88. The molecule has 1 aromatic carbocycles. The number of hydrogen-bond acceptors (Lipinski definition) is 5. The van der Waals surface area contributed by atoms with E-state index in [-0.39, 0.29) is 5.76 Å². The van der Waals surface area contributed by atoms with Crippen LogP contribution in [0.3, 0.4) is 0 Å². The van der Waals surface area contributed by atoms with Crippen LogP contribution in [0.25, 0.3) is 10.9 Å². The van der Waals surface area contributed by atoms with Crippen LogP contribution in [-0.2, 0) is 5.75 Å². The highest BCUT2D eigenvalue weighted by Gasteiger charge is 2.10. The number of benzene rings is 1. The minimum Gasteiger partial charge on any atom is -0.475 e. The fourth-order valence-corrected chi connectivity index (χ4v) is 2.69. The molecule has 0 saturated heterocycles. The molecule has 0 aliphatic rings. The van der Waals surface area contributed by atoms with Gasteiger partial charge in [-0.1, -0.05) is 30.0 Å². The standard InChI is InChI=1S/C14H10N2O3S/c17-14(18)12-6-5-9(19-12)7-20-13-10-3-1-2-4-11(10)15-8-16-13/h1-6,8H,7H2,(H,17,18). The van der Waals surface area contributed by atoms with E-state index in [0.717, 1.165) is 15.9 Å². The summed E-state index contributed by atoms with van der Waals surface area (Å²) in [5, 5.41) is 10.6. The van der Waals surface area contributed by atoms with Crippen LogP contribution in [0.1, 0.15) is 16.3 Å². The Balaban J connectivity index is 1.81. The van der Waals surface area contributed by atoms with Crippen molar-refractivity contribution in [2.75, 3.05) is 0 Å². The molecule has 0 spiro atoms. The number of aromatic carboxylic acids is 1. The second-order valence-corrected chi connectivity index (χ2v) is 5.02. The summed E-state index contributed by atoms with van der Waals surface area (Å²) in [6, 6.07) is 10.9. The maximum atomic E-state index is 10.7. The van der Waals surface area contributed by atoms with E-state index in [1.54, 1.807) is 6.07 Å². The molecule has 0 bridgehead atoms. The first kappa shape index (κ1) is 12.7. The molecule has 1 N–H and O–H groups in total. The number of thioether (sulfide) groups is 1. The Bertz CT molecular complexity index is 764. The van der Waals surface area contributed by atoms with E-state index < -0.39 is 5.97 Å². The zero-order chi connectivity index (χ0) is 13.9. The second kappa shape index (κ2) is 5.34. The fourth-order valence-electron chi connectivity index (χ4n) is 1.81. The number of carboxylic acids is 1. The molecule has 3 rings (SSSR count). The number of aromatic nitrogens is 2. The summed E-state index contributed by atoms with van der Waals surface area (Å²) in [5.41, 5.74) is 0.885. The van der Waals surface area contributed by atoms with E-state index in [9.17, 15) is 4.79 Å². The van der Waals surface area contributed by atoms with Gasteiger partial charge in [-0.3, -0.25) is 0 Å². The van der Waals surface area contributed by atoms with Crippen molar-refractivity contribution in [1.82, 2.24) is 9.97 Å². The van der Waals surface area contributed by atoms with Crippen molar-refractivity contribution in [1.29, 1.82) is 0 Å². The first-order chi connectivity index (χ1) is 9.74. The van der Waals surface area contributed by atoms with Gasteiger partial charge in [-0.25, -0.2) is 14.8 Å². The average molecular weight is 286 g/mol. The molecule has 5 nitrogen and oxygen atoms in total. The SMILES string of the molecule is O=C(O)c1ccc(CSc2ncnc3ccccc23)o1. The number of rotatable bonds is 4. The van der Waals surface area contributed by atoms with Gasteiger partial charge in [0.2, 0.25) is 5.76 Å². The van der Waals surface area contributed by atoms with Crippen molar-refractivity contribution >= 4 is 28.6 Å². The lowest BCUT2D eigenvalue weighted by Crippen LogP contribution is -1.91. The van der Waals surface area contributed by atoms with Crippen LogP contribution in [0, 0.1) is 0 Å². The summed E-state index contributed by atoms with van der Waals surface area (Å²) in [7, 11) is 0. The zero-order valence-corrected chi connectivity index (χ0v) is 11.1. The molecule has 6 heteroatoms. The highest BCUT2D eigenvalue weighted by atomic mass is 32.2. The van der Waals surface area contributed by atoms with Gasteiger partial charge in [-0.2, -0.15) is 0 Å². The number of carbonyl (C=O) groups is 1. The monoisotopic (exact) mass is 286 g/mol. The molecular weight excluding hydrogens is 276 g/mol. The van der Waals surface area contributed by atoms with Gasteiger partial charge < -0.3 is 9.52 Å². The fraction of sp³-hybridized carbons (Fsp3) is 0.0714. The summed E-state index contributed by atoms with van der Waals surface area (Å²) in [5.74, 6) is 0.0193. The number of fused-ring (bicyclic) bond motifs is 1. The topological polar surface area (TPSA) is 76.2 Å². The van der Waals surface area contributed by atoms with Crippen LogP contribution in [-0.4, -0.2) is 21.0 Å². The smallest absolute Gasteiger partial charge is 0.371 e. The van der Waals surface area contributed by atoms with Crippen molar-refractivity contribution in [3.05, 3.63) is 54.2 Å². The minimum atomic E-state index is -1.06. The van der Waals surface area contributed by atoms with Crippen LogP contribution >= 0.6 is 11.8 Å². The third kappa shape index (κ3) is 2.50. The van der Waals surface area contributed by atoms with Crippen molar-refractivity contribution < 1.29 is 14.3 Å². The first-order valence-corrected chi connectivity index (χ1v) is 6.87. The molecule has 3 aromatic rings. The minimum absolute atomic E-state index is 0.0480. The Labute approximate surface area is 118 Å². The van der Waals surface area contributed by atoms with Crippen LogP contribution in [0.2, 0.25) is 0 Å². The number of para-hydroxylation sites is 1. The van der Waals surface area contributed by atoms with Gasteiger partial charge in [0, 0.05) is 5.39 Å². The lowest BCUT2D eigenvalue weighted by molar-refractivity contribution is 0.0661. The molecular formula is C14H10N2O3S. The Morgan fingerprint density at radius 3 is 2.85 bits per heavy atom. The van der Waals surface area contributed by atoms with Crippen molar-refractivity contribution in [2.24, 2.45) is 0 Å². The molecule has 0 saturated carbocycles. The Morgan fingerprint density at radius 1 is 1.20 bits per heavy atom. The largest absolute Gasteiger partial charge is 0.475 e. The molecule has 100 valence electrons. The Kier molecular flexibility index (Phi) is 3.39. The lowest BCUT2D eigenvalue weighted by atomic mass is 10.2. The molecule has 0 aliphatic heterocycles. The predicted octanol–water partition coefficient (Wildman–Crippen LogP) is 3.21. The summed E-state index contributed by atoms with van der Waals surface area (Å²) in [6.45, 7) is 0. The van der Waals surface area contributed by atoms with Gasteiger partial charge in [0.05, 0.1) is 11.3 Å². The molecule has 2 aromatic heterocycles. The highest BCUT2D eigenvalue weighted by Crippen LogP contribution is 2.27. The highest BCUT2D eigenvalue weighted by molar-refractivity contribution is 7.98. The summed E-state index contributed by atoms with van der Waals surface area (Å²) in [4.78, 5) is 19.2. The molecule has 0 fully saturated rings. The summed E-state index contributed by atoms with van der Waals surface area (Å²) >= 11 is 1.49. The summed E-state index contributed by atoms with van der Waals surface area (Å²) < 4.78 is 5.22. The van der Waals surface area contributed by atoms with Crippen molar-refractivity contribution in [2.45, 2.75) is 10.8 Å². The van der Waals surface area contributed by atoms with Crippen LogP contribution in [0.15, 0.2) is 52.2 Å². The molecule has 0 amide bonds. The summed E-state index contributed by atoms with van der Waals surface area (Å²) in [6.07, 6.45) is 1.52. The predicted molar refractivity (Wildman–Crippen MR) is 74.8 cm³/mol.